The molecule has 0 aliphatic carbocycles. The van der Waals surface area contributed by atoms with Crippen LogP contribution in [-0.4, -0.2) is 118 Å². The third-order valence-electron chi connectivity index (χ3n) is 5.97. The molecule has 0 aromatic rings. The van der Waals surface area contributed by atoms with E-state index in [-0.39, 0.29) is 19.6 Å². The summed E-state index contributed by atoms with van der Waals surface area (Å²) in [5.74, 6) is 0. The van der Waals surface area contributed by atoms with Gasteiger partial charge in [0.1, 0.15) is 30.5 Å². The maximum atomic E-state index is 10.9. The van der Waals surface area contributed by atoms with Crippen LogP contribution in [0.3, 0.4) is 0 Å². The van der Waals surface area contributed by atoms with Crippen molar-refractivity contribution in [2.24, 2.45) is 5.41 Å². The van der Waals surface area contributed by atoms with E-state index in [0.29, 0.717) is 13.0 Å². The fraction of sp³-hybridized carbons (Fsp3) is 1.00. The number of hydrogen-bond acceptors (Lipinski definition) is 10. The molecule has 0 amide bonds. The first-order valence-electron chi connectivity index (χ1n) is 10.2. The van der Waals surface area contributed by atoms with Gasteiger partial charge in [-0.2, -0.15) is 0 Å². The van der Waals surface area contributed by atoms with Gasteiger partial charge in [0.25, 0.3) is 0 Å². The summed E-state index contributed by atoms with van der Waals surface area (Å²) in [7, 11) is 5.82. The smallest absolute Gasteiger partial charge is 0.183 e. The SMILES string of the molecule is CCC(C)(CC(O)C(OC)[C@H](O)OCCOC)[C@@H]1OC(COC)C(O)C(O)[C@@H]1OC. The van der Waals surface area contributed by atoms with Crippen LogP contribution in [0.2, 0.25) is 0 Å². The van der Waals surface area contributed by atoms with Crippen LogP contribution in [0, 0.1) is 5.41 Å². The summed E-state index contributed by atoms with van der Waals surface area (Å²) in [5, 5.41) is 42.1. The van der Waals surface area contributed by atoms with Gasteiger partial charge < -0.3 is 48.8 Å². The predicted molar refractivity (Wildman–Crippen MR) is 107 cm³/mol. The van der Waals surface area contributed by atoms with Crippen molar-refractivity contribution in [3.05, 3.63) is 0 Å². The second kappa shape index (κ2) is 13.2. The van der Waals surface area contributed by atoms with E-state index < -0.39 is 54.4 Å². The lowest BCUT2D eigenvalue weighted by atomic mass is 9.71. The van der Waals surface area contributed by atoms with Crippen LogP contribution in [0.4, 0.5) is 0 Å². The van der Waals surface area contributed by atoms with Crippen molar-refractivity contribution in [1.82, 2.24) is 0 Å². The average molecular weight is 441 g/mol. The van der Waals surface area contributed by atoms with Crippen LogP contribution in [0.1, 0.15) is 26.7 Å². The lowest BCUT2D eigenvalue weighted by Crippen LogP contribution is -2.63. The second-order valence-electron chi connectivity index (χ2n) is 7.97. The van der Waals surface area contributed by atoms with Crippen molar-refractivity contribution in [2.45, 2.75) is 75.7 Å². The molecule has 1 heterocycles. The van der Waals surface area contributed by atoms with E-state index in [9.17, 15) is 20.4 Å². The first-order valence-corrected chi connectivity index (χ1v) is 10.2. The lowest BCUT2D eigenvalue weighted by Gasteiger charge is -2.50. The summed E-state index contributed by atoms with van der Waals surface area (Å²) in [6.07, 6.45) is -7.26. The molecule has 10 nitrogen and oxygen atoms in total. The quantitative estimate of drug-likeness (QED) is 0.203. The summed E-state index contributed by atoms with van der Waals surface area (Å²) < 4.78 is 32.1. The van der Waals surface area contributed by atoms with Crippen LogP contribution in [0.5, 0.6) is 0 Å². The Labute approximate surface area is 179 Å². The van der Waals surface area contributed by atoms with Gasteiger partial charge in [-0.15, -0.1) is 0 Å². The lowest BCUT2D eigenvalue weighted by molar-refractivity contribution is -0.268. The molecular weight excluding hydrogens is 400 g/mol. The summed E-state index contributed by atoms with van der Waals surface area (Å²) in [4.78, 5) is 0. The van der Waals surface area contributed by atoms with E-state index >= 15 is 0 Å². The number of ether oxygens (including phenoxy) is 6. The predicted octanol–water partition coefficient (Wildman–Crippen LogP) is -0.699. The second-order valence-corrected chi connectivity index (χ2v) is 7.97. The van der Waals surface area contributed by atoms with Crippen molar-refractivity contribution < 1.29 is 48.8 Å². The molecule has 6 unspecified atom stereocenters. The number of methoxy groups -OCH3 is 4. The Kier molecular flexibility index (Phi) is 12.2. The van der Waals surface area contributed by atoms with Crippen molar-refractivity contribution >= 4 is 0 Å². The zero-order valence-corrected chi connectivity index (χ0v) is 18.9. The maximum absolute atomic E-state index is 10.9. The minimum atomic E-state index is -1.35. The Morgan fingerprint density at radius 1 is 1.00 bits per heavy atom. The van der Waals surface area contributed by atoms with Crippen LogP contribution in [0.25, 0.3) is 0 Å². The minimum Gasteiger partial charge on any atom is -0.390 e. The Hall–Kier alpha value is -0.400. The van der Waals surface area contributed by atoms with Crippen molar-refractivity contribution in [2.75, 3.05) is 48.3 Å². The molecule has 10 heteroatoms. The monoisotopic (exact) mass is 440 g/mol. The molecule has 0 saturated carbocycles. The van der Waals surface area contributed by atoms with E-state index in [2.05, 4.69) is 0 Å². The van der Waals surface area contributed by atoms with E-state index in [4.69, 9.17) is 28.4 Å². The van der Waals surface area contributed by atoms with E-state index in [1.165, 1.54) is 28.4 Å². The molecule has 0 radical (unpaired) electrons. The van der Waals surface area contributed by atoms with Gasteiger partial charge in [0, 0.05) is 28.4 Å². The van der Waals surface area contributed by atoms with Gasteiger partial charge in [-0.3, -0.25) is 0 Å². The molecule has 1 aliphatic rings. The van der Waals surface area contributed by atoms with Gasteiger partial charge in [-0.05, 0) is 18.3 Å². The molecule has 30 heavy (non-hydrogen) atoms. The van der Waals surface area contributed by atoms with Gasteiger partial charge in [0.15, 0.2) is 6.29 Å². The van der Waals surface area contributed by atoms with Crippen LogP contribution in [0.15, 0.2) is 0 Å². The first kappa shape index (κ1) is 27.6. The van der Waals surface area contributed by atoms with Gasteiger partial charge in [0.2, 0.25) is 0 Å². The normalized spacial score (nSPS) is 32.4. The van der Waals surface area contributed by atoms with Crippen molar-refractivity contribution in [3.63, 3.8) is 0 Å². The molecule has 1 saturated heterocycles. The van der Waals surface area contributed by atoms with Crippen LogP contribution < -0.4 is 0 Å². The summed E-state index contributed by atoms with van der Waals surface area (Å²) in [6.45, 7) is 4.36. The highest BCUT2D eigenvalue weighted by atomic mass is 16.6. The van der Waals surface area contributed by atoms with E-state index in [0.717, 1.165) is 0 Å². The molecule has 9 atom stereocenters. The molecule has 0 aromatic carbocycles. The zero-order chi connectivity index (χ0) is 22.9. The van der Waals surface area contributed by atoms with Crippen molar-refractivity contribution in [1.29, 1.82) is 0 Å². The summed E-state index contributed by atoms with van der Waals surface area (Å²) in [6, 6.07) is 0. The number of rotatable bonds is 14. The highest BCUT2D eigenvalue weighted by Gasteiger charge is 2.52. The van der Waals surface area contributed by atoms with E-state index in [1.54, 1.807) is 0 Å². The Balaban J connectivity index is 3.00. The van der Waals surface area contributed by atoms with Gasteiger partial charge in [-0.1, -0.05) is 13.8 Å². The molecule has 0 aromatic heterocycles. The molecule has 1 rings (SSSR count). The third kappa shape index (κ3) is 6.80. The van der Waals surface area contributed by atoms with Crippen molar-refractivity contribution in [3.8, 4) is 0 Å². The highest BCUT2D eigenvalue weighted by molar-refractivity contribution is 5.00. The average Bonchev–Trinajstić information content (AvgIpc) is 2.72. The highest BCUT2D eigenvalue weighted by Crippen LogP contribution is 2.41. The fourth-order valence-corrected chi connectivity index (χ4v) is 3.93. The third-order valence-corrected chi connectivity index (χ3v) is 5.97. The van der Waals surface area contributed by atoms with Gasteiger partial charge in [0.05, 0.1) is 32.0 Å². The van der Waals surface area contributed by atoms with Gasteiger partial charge in [-0.25, -0.2) is 0 Å². The Morgan fingerprint density at radius 2 is 1.67 bits per heavy atom. The summed E-state index contributed by atoms with van der Waals surface area (Å²) >= 11 is 0. The molecule has 1 fully saturated rings. The molecule has 180 valence electrons. The molecule has 1 aliphatic heterocycles. The molecule has 0 bridgehead atoms. The zero-order valence-electron chi connectivity index (χ0n) is 18.9. The van der Waals surface area contributed by atoms with Gasteiger partial charge >= 0.3 is 0 Å². The topological polar surface area (TPSA) is 136 Å². The largest absolute Gasteiger partial charge is 0.390 e. The van der Waals surface area contributed by atoms with Crippen LogP contribution in [-0.2, 0) is 28.4 Å². The maximum Gasteiger partial charge on any atom is 0.183 e. The molecular formula is C20H40O10. The Morgan fingerprint density at radius 3 is 2.17 bits per heavy atom. The number of aliphatic hydroxyl groups is 4. The fourth-order valence-electron chi connectivity index (χ4n) is 3.93. The minimum absolute atomic E-state index is 0.0975. The number of hydrogen-bond donors (Lipinski definition) is 4. The summed E-state index contributed by atoms with van der Waals surface area (Å²) in [5.41, 5.74) is -0.684. The first-order chi connectivity index (χ1) is 14.2. The molecule has 4 N–H and O–H groups in total. The number of aliphatic hydroxyl groups excluding tert-OH is 4. The standard InChI is InChI=1S/C20H40O10/c1-7-20(2,10-12(21)16(27-5)19(24)29-9-8-25-3)18-17(28-6)15(23)14(22)13(30-18)11-26-4/h12-19,21-24H,7-11H2,1-6H3/t12?,13?,14?,15?,16?,17-,18+,19+,20?/m0/s1. The Bertz CT molecular complexity index is 465. The van der Waals surface area contributed by atoms with E-state index in [1.807, 2.05) is 13.8 Å². The van der Waals surface area contributed by atoms with Crippen LogP contribution >= 0.6 is 0 Å². The molecule has 0 spiro atoms.